The first-order valence-electron chi connectivity index (χ1n) is 7.18. The molecule has 1 aliphatic heterocycles. The molecular formula is C15H22FN3OS. The molecule has 0 aliphatic carbocycles. The van der Waals surface area contributed by atoms with E-state index in [-0.39, 0.29) is 5.82 Å². The highest BCUT2D eigenvalue weighted by Gasteiger charge is 2.16. The predicted molar refractivity (Wildman–Crippen MR) is 86.2 cm³/mol. The number of aliphatic imine (C=N–C) groups is 1. The van der Waals surface area contributed by atoms with Gasteiger partial charge in [0.15, 0.2) is 5.96 Å². The lowest BCUT2D eigenvalue weighted by molar-refractivity contribution is 0.180. The van der Waals surface area contributed by atoms with Gasteiger partial charge in [0.25, 0.3) is 0 Å². The third-order valence-electron chi connectivity index (χ3n) is 3.44. The molecule has 116 valence electrons. The topological polar surface area (TPSA) is 56.7 Å². The molecule has 1 aliphatic rings. The second-order valence-corrected chi connectivity index (χ2v) is 6.45. The summed E-state index contributed by atoms with van der Waals surface area (Å²) in [6, 6.07) is 6.01. The van der Waals surface area contributed by atoms with Gasteiger partial charge in [-0.1, -0.05) is 12.1 Å². The molecule has 6 heteroatoms. The molecule has 4 nitrogen and oxygen atoms in total. The fourth-order valence-electron chi connectivity index (χ4n) is 2.26. The number of aliphatic hydroxyl groups is 1. The fourth-order valence-corrected chi connectivity index (χ4v) is 3.46. The summed E-state index contributed by atoms with van der Waals surface area (Å²) in [6.07, 6.45) is 1.75. The van der Waals surface area contributed by atoms with Crippen molar-refractivity contribution in [3.05, 3.63) is 35.6 Å². The van der Waals surface area contributed by atoms with Gasteiger partial charge in [-0.25, -0.2) is 4.39 Å². The van der Waals surface area contributed by atoms with Crippen LogP contribution in [0.4, 0.5) is 4.39 Å². The summed E-state index contributed by atoms with van der Waals surface area (Å²) in [5.41, 5.74) is 0.560. The highest BCUT2D eigenvalue weighted by molar-refractivity contribution is 8.00. The number of rotatable bonds is 5. The van der Waals surface area contributed by atoms with Crippen molar-refractivity contribution in [3.8, 4) is 0 Å². The number of guanidine groups is 1. The molecule has 1 fully saturated rings. The lowest BCUT2D eigenvalue weighted by Gasteiger charge is -2.17. The molecule has 0 saturated carbocycles. The van der Waals surface area contributed by atoms with E-state index < -0.39 is 6.10 Å². The molecule has 0 spiro atoms. The van der Waals surface area contributed by atoms with Crippen LogP contribution in [0.2, 0.25) is 0 Å². The predicted octanol–water partition coefficient (Wildman–Crippen LogP) is 1.92. The maximum Gasteiger partial charge on any atom is 0.191 e. The second-order valence-electron chi connectivity index (χ2n) is 5.04. The Kier molecular flexibility index (Phi) is 6.32. The van der Waals surface area contributed by atoms with Crippen LogP contribution in [0.3, 0.4) is 0 Å². The van der Waals surface area contributed by atoms with Gasteiger partial charge < -0.3 is 15.7 Å². The highest BCUT2D eigenvalue weighted by Crippen LogP contribution is 2.25. The monoisotopic (exact) mass is 311 g/mol. The Labute approximate surface area is 129 Å². The number of thioether (sulfide) groups is 1. The Hall–Kier alpha value is -1.27. The van der Waals surface area contributed by atoms with E-state index in [4.69, 9.17) is 0 Å². The molecule has 0 aromatic heterocycles. The molecule has 3 N–H and O–H groups in total. The Morgan fingerprint density at radius 2 is 2.38 bits per heavy atom. The molecule has 2 rings (SSSR count). The van der Waals surface area contributed by atoms with E-state index in [1.54, 1.807) is 19.2 Å². The third kappa shape index (κ3) is 5.21. The Morgan fingerprint density at radius 3 is 3.05 bits per heavy atom. The zero-order valence-electron chi connectivity index (χ0n) is 12.2. The summed E-state index contributed by atoms with van der Waals surface area (Å²) in [5, 5.41) is 17.0. The standard InChI is InChI=1S/C15H22FN3OS/c1-17-15(18-9-13-6-3-7-21-13)19-10-14(20)11-4-2-5-12(16)8-11/h2,4-5,8,13-14,20H,3,6-7,9-10H2,1H3,(H2,17,18,19). The van der Waals surface area contributed by atoms with Gasteiger partial charge in [0.1, 0.15) is 5.82 Å². The Bertz CT molecular complexity index is 478. The number of aliphatic hydroxyl groups excluding tert-OH is 1. The van der Waals surface area contributed by atoms with Gasteiger partial charge in [-0.05, 0) is 36.3 Å². The SMILES string of the molecule is CN=C(NCC1CCCS1)NCC(O)c1cccc(F)c1. The minimum atomic E-state index is -0.764. The van der Waals surface area contributed by atoms with E-state index in [0.717, 1.165) is 6.54 Å². The smallest absolute Gasteiger partial charge is 0.191 e. The zero-order chi connectivity index (χ0) is 15.1. The van der Waals surface area contributed by atoms with E-state index >= 15 is 0 Å². The van der Waals surface area contributed by atoms with Gasteiger partial charge in [-0.15, -0.1) is 0 Å². The zero-order valence-corrected chi connectivity index (χ0v) is 13.0. The van der Waals surface area contributed by atoms with Crippen LogP contribution >= 0.6 is 11.8 Å². The molecule has 2 atom stereocenters. The van der Waals surface area contributed by atoms with Gasteiger partial charge in [-0.2, -0.15) is 11.8 Å². The minimum Gasteiger partial charge on any atom is -0.387 e. The first-order valence-corrected chi connectivity index (χ1v) is 8.23. The van der Waals surface area contributed by atoms with Crippen molar-refractivity contribution in [1.29, 1.82) is 0 Å². The summed E-state index contributed by atoms with van der Waals surface area (Å²) in [4.78, 5) is 4.13. The van der Waals surface area contributed by atoms with Crippen LogP contribution in [0.25, 0.3) is 0 Å². The average Bonchev–Trinajstić information content (AvgIpc) is 3.00. The van der Waals surface area contributed by atoms with Crippen molar-refractivity contribution >= 4 is 17.7 Å². The van der Waals surface area contributed by atoms with Gasteiger partial charge >= 0.3 is 0 Å². The van der Waals surface area contributed by atoms with Crippen molar-refractivity contribution < 1.29 is 9.50 Å². The lowest BCUT2D eigenvalue weighted by atomic mass is 10.1. The lowest BCUT2D eigenvalue weighted by Crippen LogP contribution is -2.41. The second kappa shape index (κ2) is 8.24. The quantitative estimate of drug-likeness (QED) is 0.574. The van der Waals surface area contributed by atoms with Crippen LogP contribution < -0.4 is 10.6 Å². The van der Waals surface area contributed by atoms with E-state index in [1.165, 1.54) is 30.7 Å². The van der Waals surface area contributed by atoms with Crippen LogP contribution in [-0.2, 0) is 0 Å². The number of hydrogen-bond acceptors (Lipinski definition) is 3. The number of halogens is 1. The van der Waals surface area contributed by atoms with Gasteiger partial charge in [0.05, 0.1) is 6.10 Å². The van der Waals surface area contributed by atoms with Crippen molar-refractivity contribution in [2.45, 2.75) is 24.2 Å². The number of nitrogens with zero attached hydrogens (tertiary/aromatic N) is 1. The normalized spacial score (nSPS) is 20.3. The molecule has 0 radical (unpaired) electrons. The average molecular weight is 311 g/mol. The summed E-state index contributed by atoms with van der Waals surface area (Å²) in [7, 11) is 1.70. The molecule has 1 saturated heterocycles. The largest absolute Gasteiger partial charge is 0.387 e. The van der Waals surface area contributed by atoms with Gasteiger partial charge in [0, 0.05) is 25.4 Å². The van der Waals surface area contributed by atoms with Crippen molar-refractivity contribution in [1.82, 2.24) is 10.6 Å². The number of hydrogen-bond donors (Lipinski definition) is 3. The maximum atomic E-state index is 13.1. The Morgan fingerprint density at radius 1 is 1.52 bits per heavy atom. The van der Waals surface area contributed by atoms with Crippen LogP contribution in [0.5, 0.6) is 0 Å². The third-order valence-corrected chi connectivity index (χ3v) is 4.84. The first-order chi connectivity index (χ1) is 10.2. The number of benzene rings is 1. The van der Waals surface area contributed by atoms with E-state index in [9.17, 15) is 9.50 Å². The highest BCUT2D eigenvalue weighted by atomic mass is 32.2. The fraction of sp³-hybridized carbons (Fsp3) is 0.533. The summed E-state index contributed by atoms with van der Waals surface area (Å²) >= 11 is 1.98. The molecule has 1 aromatic rings. The molecular weight excluding hydrogens is 289 g/mol. The molecule has 2 unspecified atom stereocenters. The number of nitrogens with one attached hydrogen (secondary N) is 2. The van der Waals surface area contributed by atoms with E-state index in [2.05, 4.69) is 15.6 Å². The molecule has 0 amide bonds. The van der Waals surface area contributed by atoms with Crippen molar-refractivity contribution in [3.63, 3.8) is 0 Å². The summed E-state index contributed by atoms with van der Waals surface area (Å²) in [6.45, 7) is 1.17. The minimum absolute atomic E-state index is 0.293. The molecule has 1 heterocycles. The van der Waals surface area contributed by atoms with E-state index in [0.29, 0.717) is 23.3 Å². The maximum absolute atomic E-state index is 13.1. The van der Waals surface area contributed by atoms with Crippen molar-refractivity contribution in [2.24, 2.45) is 4.99 Å². The summed E-state index contributed by atoms with van der Waals surface area (Å²) in [5.74, 6) is 1.56. The van der Waals surface area contributed by atoms with Gasteiger partial charge in [-0.3, -0.25) is 4.99 Å². The summed E-state index contributed by atoms with van der Waals surface area (Å²) < 4.78 is 13.1. The first kappa shape index (κ1) is 16.1. The molecule has 0 bridgehead atoms. The Balaban J connectivity index is 1.76. The van der Waals surface area contributed by atoms with Gasteiger partial charge in [0.2, 0.25) is 0 Å². The molecule has 1 aromatic carbocycles. The van der Waals surface area contributed by atoms with Crippen molar-refractivity contribution in [2.75, 3.05) is 25.9 Å². The van der Waals surface area contributed by atoms with Crippen LogP contribution in [0.15, 0.2) is 29.3 Å². The van der Waals surface area contributed by atoms with E-state index in [1.807, 2.05) is 11.8 Å². The van der Waals surface area contributed by atoms with Crippen LogP contribution in [0.1, 0.15) is 24.5 Å². The van der Waals surface area contributed by atoms with Crippen LogP contribution in [0, 0.1) is 5.82 Å². The van der Waals surface area contributed by atoms with Crippen LogP contribution in [-0.4, -0.2) is 42.2 Å². The molecule has 21 heavy (non-hydrogen) atoms.